The van der Waals surface area contributed by atoms with E-state index < -0.39 is 29.5 Å². The van der Waals surface area contributed by atoms with E-state index in [1.165, 1.54) is 11.8 Å². The first-order valence-corrected chi connectivity index (χ1v) is 4.43. The van der Waals surface area contributed by atoms with Crippen LogP contribution in [0.25, 0.3) is 0 Å². The molecule has 62 valence electrons. The van der Waals surface area contributed by atoms with Gasteiger partial charge in [-0.2, -0.15) is 0 Å². The normalized spacial score (nSPS) is 49.1. The van der Waals surface area contributed by atoms with Crippen LogP contribution in [0.4, 0.5) is 0 Å². The van der Waals surface area contributed by atoms with Gasteiger partial charge in [-0.15, -0.1) is 11.8 Å². The van der Waals surface area contributed by atoms with Crippen LogP contribution in [-0.4, -0.2) is 45.5 Å². The molecule has 4 nitrogen and oxygen atoms in total. The minimum atomic E-state index is -0.823. The van der Waals surface area contributed by atoms with Gasteiger partial charge in [-0.1, -0.05) is 0 Å². The lowest BCUT2D eigenvalue weighted by atomic mass is 10.1. The summed E-state index contributed by atoms with van der Waals surface area (Å²) < 4.78 is 4.75. The molecule has 2 aliphatic rings. The monoisotopic (exact) mass is 176 g/mol. The number of esters is 1. The number of carbonyl (C=O) groups excluding carboxylic acids is 1. The molecule has 0 spiro atoms. The number of ether oxygens (including phenoxy) is 1. The zero-order valence-corrected chi connectivity index (χ0v) is 6.45. The van der Waals surface area contributed by atoms with Crippen molar-refractivity contribution in [3.05, 3.63) is 0 Å². The highest BCUT2D eigenvalue weighted by molar-refractivity contribution is 8.00. The van der Waals surface area contributed by atoms with Gasteiger partial charge in [-0.25, -0.2) is 0 Å². The van der Waals surface area contributed by atoms with Gasteiger partial charge in [0.1, 0.15) is 17.5 Å². The number of rotatable bonds is 0. The van der Waals surface area contributed by atoms with Crippen molar-refractivity contribution in [2.45, 2.75) is 23.6 Å². The van der Waals surface area contributed by atoms with E-state index in [0.717, 1.165) is 0 Å². The molecular weight excluding hydrogens is 168 g/mol. The third kappa shape index (κ3) is 0.953. The first-order valence-electron chi connectivity index (χ1n) is 3.38. The standard InChI is InChI=1S/C6H8O4S/c7-2-1-11-5-3(8)4(2)10-6(5)9/h2-5,7-8H,1H2/t2-,3-,4+,5-/m0/s1. The fraction of sp³-hybridized carbons (Fsp3) is 0.833. The van der Waals surface area contributed by atoms with Crippen LogP contribution in [0, 0.1) is 0 Å². The van der Waals surface area contributed by atoms with Crippen LogP contribution in [0.1, 0.15) is 0 Å². The summed E-state index contributed by atoms with van der Waals surface area (Å²) in [6.45, 7) is 0. The third-order valence-corrected chi connectivity index (χ3v) is 3.32. The molecule has 0 aromatic heterocycles. The van der Waals surface area contributed by atoms with Crippen molar-refractivity contribution in [1.29, 1.82) is 0 Å². The molecule has 2 N–H and O–H groups in total. The van der Waals surface area contributed by atoms with Crippen molar-refractivity contribution in [2.75, 3.05) is 5.75 Å². The molecule has 2 aliphatic heterocycles. The van der Waals surface area contributed by atoms with Gasteiger partial charge < -0.3 is 14.9 Å². The van der Waals surface area contributed by atoms with Crippen LogP contribution < -0.4 is 0 Å². The number of fused-ring (bicyclic) bond motifs is 2. The summed E-state index contributed by atoms with van der Waals surface area (Å²) in [7, 11) is 0. The molecule has 2 heterocycles. The van der Waals surface area contributed by atoms with Gasteiger partial charge in [0, 0.05) is 5.75 Å². The Kier molecular flexibility index (Phi) is 1.59. The second-order valence-electron chi connectivity index (χ2n) is 2.71. The van der Waals surface area contributed by atoms with Crippen LogP contribution in [0.2, 0.25) is 0 Å². The largest absolute Gasteiger partial charge is 0.456 e. The second kappa shape index (κ2) is 2.36. The maximum atomic E-state index is 10.9. The molecule has 2 saturated heterocycles. The van der Waals surface area contributed by atoms with Gasteiger partial charge in [0.15, 0.2) is 6.10 Å². The maximum Gasteiger partial charge on any atom is 0.322 e. The zero-order valence-electron chi connectivity index (χ0n) is 5.64. The molecule has 0 amide bonds. The zero-order chi connectivity index (χ0) is 8.01. The van der Waals surface area contributed by atoms with Crippen LogP contribution in [0.15, 0.2) is 0 Å². The Balaban J connectivity index is 2.23. The molecule has 0 aromatic rings. The number of aliphatic hydroxyl groups excluding tert-OH is 2. The third-order valence-electron chi connectivity index (χ3n) is 1.96. The molecule has 11 heavy (non-hydrogen) atoms. The highest BCUT2D eigenvalue weighted by Gasteiger charge is 2.51. The molecule has 4 atom stereocenters. The summed E-state index contributed by atoms with van der Waals surface area (Å²) in [6, 6.07) is 0. The van der Waals surface area contributed by atoms with Crippen molar-refractivity contribution < 1.29 is 19.7 Å². The van der Waals surface area contributed by atoms with E-state index >= 15 is 0 Å². The van der Waals surface area contributed by atoms with Gasteiger partial charge in [0.25, 0.3) is 0 Å². The number of aliphatic hydroxyl groups is 2. The Hall–Kier alpha value is -0.260. The SMILES string of the molecule is O=C1O[C@H]2[C@H](O)[C@@H]1SC[C@@H]2O. The Bertz CT molecular complexity index is 195. The Morgan fingerprint density at radius 3 is 2.91 bits per heavy atom. The lowest BCUT2D eigenvalue weighted by molar-refractivity contribution is -0.145. The van der Waals surface area contributed by atoms with E-state index in [4.69, 9.17) is 4.74 Å². The van der Waals surface area contributed by atoms with Gasteiger partial charge in [-0.3, -0.25) is 4.79 Å². The minimum Gasteiger partial charge on any atom is -0.456 e. The quantitative estimate of drug-likeness (QED) is 0.451. The molecule has 2 bridgehead atoms. The summed E-state index contributed by atoms with van der Waals surface area (Å²) in [5.41, 5.74) is 0. The Labute approximate surface area is 67.5 Å². The average Bonchev–Trinajstić information content (AvgIpc) is 2.12. The van der Waals surface area contributed by atoms with E-state index in [1.54, 1.807) is 0 Å². The summed E-state index contributed by atoms with van der Waals surface area (Å²) in [5.74, 6) is 0.0713. The van der Waals surface area contributed by atoms with E-state index in [0.29, 0.717) is 5.75 Å². The number of carbonyl (C=O) groups is 1. The highest BCUT2D eigenvalue weighted by atomic mass is 32.2. The fourth-order valence-electron chi connectivity index (χ4n) is 1.35. The summed E-state index contributed by atoms with van der Waals surface area (Å²) in [5, 5.41) is 18.1. The first-order chi connectivity index (χ1) is 5.20. The van der Waals surface area contributed by atoms with Crippen LogP contribution in [0.3, 0.4) is 0 Å². The molecule has 2 fully saturated rings. The van der Waals surface area contributed by atoms with E-state index in [2.05, 4.69) is 0 Å². The molecule has 0 radical (unpaired) electrons. The number of hydrogen-bond acceptors (Lipinski definition) is 5. The lowest BCUT2D eigenvalue weighted by Gasteiger charge is -2.25. The molecular formula is C6H8O4S. The summed E-state index contributed by atoms with van der Waals surface area (Å²) >= 11 is 1.25. The predicted octanol–water partition coefficient (Wildman–Crippen LogP) is -1.25. The van der Waals surface area contributed by atoms with Gasteiger partial charge in [0.05, 0.1) is 0 Å². The topological polar surface area (TPSA) is 66.8 Å². The van der Waals surface area contributed by atoms with E-state index in [1.807, 2.05) is 0 Å². The molecule has 2 rings (SSSR count). The van der Waals surface area contributed by atoms with Crippen LogP contribution >= 0.6 is 11.8 Å². The smallest absolute Gasteiger partial charge is 0.322 e. The second-order valence-corrected chi connectivity index (χ2v) is 3.89. The Morgan fingerprint density at radius 2 is 2.27 bits per heavy atom. The summed E-state index contributed by atoms with van der Waals surface area (Å²) in [4.78, 5) is 10.9. The van der Waals surface area contributed by atoms with Crippen LogP contribution in [0.5, 0.6) is 0 Å². The molecule has 0 saturated carbocycles. The van der Waals surface area contributed by atoms with Crippen molar-refractivity contribution in [3.63, 3.8) is 0 Å². The highest BCUT2D eigenvalue weighted by Crippen LogP contribution is 2.34. The molecule has 5 heteroatoms. The first kappa shape index (κ1) is 7.39. The van der Waals surface area contributed by atoms with Gasteiger partial charge in [-0.05, 0) is 0 Å². The van der Waals surface area contributed by atoms with Crippen molar-refractivity contribution >= 4 is 17.7 Å². The van der Waals surface area contributed by atoms with Gasteiger partial charge >= 0.3 is 5.97 Å². The van der Waals surface area contributed by atoms with Crippen molar-refractivity contribution in [3.8, 4) is 0 Å². The fourth-order valence-corrected chi connectivity index (χ4v) is 2.49. The molecule has 0 unspecified atom stereocenters. The summed E-state index contributed by atoms with van der Waals surface area (Å²) in [6.07, 6.45) is -2.22. The van der Waals surface area contributed by atoms with Crippen molar-refractivity contribution in [2.24, 2.45) is 0 Å². The van der Waals surface area contributed by atoms with E-state index in [-0.39, 0.29) is 0 Å². The predicted molar refractivity (Wildman–Crippen MR) is 38.1 cm³/mol. The van der Waals surface area contributed by atoms with E-state index in [9.17, 15) is 15.0 Å². The van der Waals surface area contributed by atoms with Crippen LogP contribution in [-0.2, 0) is 9.53 Å². The maximum absolute atomic E-state index is 10.9. The minimum absolute atomic E-state index is 0.399. The Morgan fingerprint density at radius 1 is 1.55 bits per heavy atom. The lowest BCUT2D eigenvalue weighted by Crippen LogP contribution is -2.43. The number of thioether (sulfide) groups is 1. The molecule has 0 aromatic carbocycles. The van der Waals surface area contributed by atoms with Crippen molar-refractivity contribution in [1.82, 2.24) is 0 Å². The average molecular weight is 176 g/mol. The number of hydrogen-bond donors (Lipinski definition) is 2. The molecule has 0 aliphatic carbocycles. The van der Waals surface area contributed by atoms with Gasteiger partial charge in [0.2, 0.25) is 0 Å².